The van der Waals surface area contributed by atoms with E-state index in [0.717, 1.165) is 0 Å². The molecule has 0 saturated carbocycles. The summed E-state index contributed by atoms with van der Waals surface area (Å²) in [4.78, 5) is 17.6. The SMILES string of the molecule is NC(=O)Cl.O=C([O-])Cl. The number of hydrogen-bond donors (Lipinski definition) is 1. The molecule has 0 aromatic heterocycles. The van der Waals surface area contributed by atoms with Crippen LogP contribution in [0.15, 0.2) is 0 Å². The highest BCUT2D eigenvalue weighted by molar-refractivity contribution is 6.62. The zero-order chi connectivity index (χ0) is 7.15. The number of carbonyl (C=O) groups excluding carboxylic acids is 2. The molecule has 0 saturated heterocycles. The van der Waals surface area contributed by atoms with Crippen LogP contribution in [0, 0.1) is 0 Å². The fourth-order valence-electron chi connectivity index (χ4n) is 0. The minimum atomic E-state index is -1.61. The lowest BCUT2D eigenvalue weighted by atomic mass is 11.5. The molecular formula is C2H2Cl2NO3-. The second-order valence-corrected chi connectivity index (χ2v) is 1.22. The zero-order valence-electron chi connectivity index (χ0n) is 3.56. The molecule has 0 aliphatic heterocycles. The van der Waals surface area contributed by atoms with Crippen molar-refractivity contribution in [1.29, 1.82) is 0 Å². The number of hydrogen-bond acceptors (Lipinski definition) is 3. The van der Waals surface area contributed by atoms with Gasteiger partial charge in [-0.3, -0.25) is 4.79 Å². The summed E-state index contributed by atoms with van der Waals surface area (Å²) in [5, 5.41) is 7.79. The van der Waals surface area contributed by atoms with Crippen LogP contribution < -0.4 is 10.8 Å². The molecule has 0 spiro atoms. The van der Waals surface area contributed by atoms with Crippen LogP contribution in [0.3, 0.4) is 0 Å². The first kappa shape index (κ1) is 10.5. The number of rotatable bonds is 0. The molecule has 0 unspecified atom stereocenters. The minimum Gasteiger partial charge on any atom is -0.534 e. The van der Waals surface area contributed by atoms with Crippen LogP contribution in [-0.4, -0.2) is 10.8 Å². The third kappa shape index (κ3) is 489. The Labute approximate surface area is 55.2 Å². The van der Waals surface area contributed by atoms with E-state index in [0.29, 0.717) is 0 Å². The second kappa shape index (κ2) is 6.52. The molecule has 6 heteroatoms. The third-order valence-electron chi connectivity index (χ3n) is 0. The maximum atomic E-state index is 8.99. The van der Waals surface area contributed by atoms with Gasteiger partial charge in [-0.25, -0.2) is 0 Å². The van der Waals surface area contributed by atoms with Crippen LogP contribution in [0.4, 0.5) is 9.59 Å². The zero-order valence-corrected chi connectivity index (χ0v) is 5.07. The summed E-state index contributed by atoms with van der Waals surface area (Å²) >= 11 is 8.49. The highest BCUT2D eigenvalue weighted by Crippen LogP contribution is 1.62. The Kier molecular flexibility index (Phi) is 8.55. The average molecular weight is 159 g/mol. The maximum Gasteiger partial charge on any atom is 0.311 e. The molecule has 0 aromatic rings. The molecule has 0 rings (SSSR count). The van der Waals surface area contributed by atoms with Gasteiger partial charge in [0.1, 0.15) is 5.43 Å². The highest BCUT2D eigenvalue weighted by Gasteiger charge is 1.66. The van der Waals surface area contributed by atoms with E-state index in [1.165, 1.54) is 0 Å². The molecule has 0 radical (unpaired) electrons. The first-order valence-corrected chi connectivity index (χ1v) is 2.03. The number of carboxylic acid groups (broad SMARTS) is 1. The van der Waals surface area contributed by atoms with Crippen LogP contribution in [0.2, 0.25) is 0 Å². The fraction of sp³-hybridized carbons (Fsp3) is 0. The van der Waals surface area contributed by atoms with E-state index in [2.05, 4.69) is 28.9 Å². The Morgan fingerprint density at radius 1 is 1.38 bits per heavy atom. The molecule has 4 nitrogen and oxygen atoms in total. The van der Waals surface area contributed by atoms with Crippen molar-refractivity contribution in [3.63, 3.8) is 0 Å². The molecule has 1 amide bonds. The quantitative estimate of drug-likeness (QED) is 0.394. The fourth-order valence-corrected chi connectivity index (χ4v) is 0. The van der Waals surface area contributed by atoms with Gasteiger partial charge >= 0.3 is 5.37 Å². The smallest absolute Gasteiger partial charge is 0.311 e. The van der Waals surface area contributed by atoms with Gasteiger partial charge in [0.2, 0.25) is 0 Å². The van der Waals surface area contributed by atoms with Crippen molar-refractivity contribution in [3.8, 4) is 0 Å². The number of amides is 1. The molecule has 0 heterocycles. The predicted molar refractivity (Wildman–Crippen MR) is 26.7 cm³/mol. The van der Waals surface area contributed by atoms with Gasteiger partial charge in [-0.1, -0.05) is 11.6 Å². The Bertz CT molecular complexity index is 73.3. The summed E-state index contributed by atoms with van der Waals surface area (Å²) < 4.78 is 0. The van der Waals surface area contributed by atoms with Crippen molar-refractivity contribution in [1.82, 2.24) is 0 Å². The highest BCUT2D eigenvalue weighted by atomic mass is 35.5. The van der Waals surface area contributed by atoms with Gasteiger partial charge in [0, 0.05) is 0 Å². The van der Waals surface area contributed by atoms with E-state index in [9.17, 15) is 0 Å². The standard InChI is InChI=1S/CH2ClNO.CHClO2/c2*2-1(3)4/h(H2,3,4);(H,3,4)/p-1. The van der Waals surface area contributed by atoms with Crippen LogP contribution in [0.1, 0.15) is 0 Å². The number of halogens is 2. The molecule has 48 valence electrons. The largest absolute Gasteiger partial charge is 0.534 e. The monoisotopic (exact) mass is 158 g/mol. The lowest BCUT2D eigenvalue weighted by Gasteiger charge is -1.73. The second-order valence-electron chi connectivity index (χ2n) is 0.542. The lowest BCUT2D eigenvalue weighted by Crippen LogP contribution is -2.11. The topological polar surface area (TPSA) is 83.2 Å². The summed E-state index contributed by atoms with van der Waals surface area (Å²) in [5.74, 6) is 0. The summed E-state index contributed by atoms with van der Waals surface area (Å²) in [6, 6.07) is 0. The molecule has 2 N–H and O–H groups in total. The Balaban J connectivity index is 0. The Morgan fingerprint density at radius 2 is 1.38 bits per heavy atom. The molecule has 8 heavy (non-hydrogen) atoms. The van der Waals surface area contributed by atoms with E-state index >= 15 is 0 Å². The molecule has 0 aliphatic carbocycles. The molecule has 0 atom stereocenters. The Hall–Kier alpha value is -0.480. The van der Waals surface area contributed by atoms with Crippen LogP contribution in [-0.2, 0) is 0 Å². The normalized spacial score (nSPS) is 6.25. The maximum absolute atomic E-state index is 8.99. The van der Waals surface area contributed by atoms with Crippen molar-refractivity contribution in [3.05, 3.63) is 0 Å². The van der Waals surface area contributed by atoms with Gasteiger partial charge in [-0.15, -0.1) is 0 Å². The van der Waals surface area contributed by atoms with E-state index < -0.39 is 10.8 Å². The molecule has 0 aromatic carbocycles. The van der Waals surface area contributed by atoms with Gasteiger partial charge in [0.05, 0.1) is 0 Å². The van der Waals surface area contributed by atoms with Gasteiger partial charge in [-0.2, -0.15) is 0 Å². The van der Waals surface area contributed by atoms with Crippen molar-refractivity contribution < 1.29 is 14.7 Å². The minimum absolute atomic E-state index is 0.861. The molecule has 0 aliphatic rings. The van der Waals surface area contributed by atoms with Crippen molar-refractivity contribution >= 4 is 34.0 Å². The van der Waals surface area contributed by atoms with E-state index in [1.807, 2.05) is 0 Å². The molecule has 0 bridgehead atoms. The van der Waals surface area contributed by atoms with Gasteiger partial charge in [0.25, 0.3) is 0 Å². The van der Waals surface area contributed by atoms with Gasteiger partial charge in [0.15, 0.2) is 0 Å². The van der Waals surface area contributed by atoms with Gasteiger partial charge in [-0.05, 0) is 11.6 Å². The van der Waals surface area contributed by atoms with Crippen LogP contribution in [0.5, 0.6) is 0 Å². The first-order valence-electron chi connectivity index (χ1n) is 1.28. The van der Waals surface area contributed by atoms with Crippen molar-refractivity contribution in [2.75, 3.05) is 0 Å². The first-order chi connectivity index (χ1) is 3.46. The summed E-state index contributed by atoms with van der Waals surface area (Å²) in [6.45, 7) is 0. The number of primary amides is 1. The van der Waals surface area contributed by atoms with Gasteiger partial charge < -0.3 is 15.6 Å². The van der Waals surface area contributed by atoms with Crippen LogP contribution in [0.25, 0.3) is 0 Å². The van der Waals surface area contributed by atoms with E-state index in [4.69, 9.17) is 14.7 Å². The summed E-state index contributed by atoms with van der Waals surface area (Å²) in [5.41, 5.74) is 2.63. The molecule has 0 fully saturated rings. The summed E-state index contributed by atoms with van der Waals surface area (Å²) in [7, 11) is 0. The van der Waals surface area contributed by atoms with E-state index in [1.54, 1.807) is 0 Å². The van der Waals surface area contributed by atoms with Crippen molar-refractivity contribution in [2.24, 2.45) is 5.73 Å². The third-order valence-corrected chi connectivity index (χ3v) is 0. The number of carbonyl (C=O) groups is 2. The Morgan fingerprint density at radius 3 is 1.38 bits per heavy atom. The van der Waals surface area contributed by atoms with Crippen molar-refractivity contribution in [2.45, 2.75) is 0 Å². The molecular weight excluding hydrogens is 157 g/mol. The number of nitrogens with two attached hydrogens (primary N) is 1. The predicted octanol–water partition coefficient (Wildman–Crippen LogP) is -0.128. The summed E-state index contributed by atoms with van der Waals surface area (Å²) in [6.07, 6.45) is 0. The lowest BCUT2D eigenvalue weighted by molar-refractivity contribution is -0.233. The van der Waals surface area contributed by atoms with Crippen LogP contribution >= 0.6 is 23.2 Å². The average Bonchev–Trinajstić information content (AvgIpc) is 1.25. The van der Waals surface area contributed by atoms with E-state index in [-0.39, 0.29) is 0 Å².